The van der Waals surface area contributed by atoms with Gasteiger partial charge in [0.1, 0.15) is 5.75 Å². The van der Waals surface area contributed by atoms with Crippen LogP contribution < -0.4 is 16.0 Å². The van der Waals surface area contributed by atoms with Crippen LogP contribution in [0.5, 0.6) is 5.75 Å². The molecule has 0 radical (unpaired) electrons. The van der Waals surface area contributed by atoms with Gasteiger partial charge in [0.05, 0.1) is 6.61 Å². The molecule has 3 N–H and O–H groups in total. The third-order valence-corrected chi connectivity index (χ3v) is 3.41. The van der Waals surface area contributed by atoms with Crippen LogP contribution in [0.4, 0.5) is 0 Å². The number of ether oxygens (including phenoxy) is 1. The first-order valence-electron chi connectivity index (χ1n) is 6.91. The lowest BCUT2D eigenvalue weighted by atomic mass is 10.0. The summed E-state index contributed by atoms with van der Waals surface area (Å²) in [5.41, 5.74) is 5.18. The number of nitrogens with zero attached hydrogens (tertiary/aromatic N) is 2. The first-order valence-corrected chi connectivity index (χ1v) is 6.91. The predicted molar refractivity (Wildman–Crippen MR) is 79.2 cm³/mol. The Balaban J connectivity index is 2.10. The maximum Gasteiger partial charge on any atom is 0.124 e. The number of benzene rings is 1. The van der Waals surface area contributed by atoms with Gasteiger partial charge in [0.15, 0.2) is 0 Å². The number of nitrogens with two attached hydrogens (primary N) is 1. The van der Waals surface area contributed by atoms with Gasteiger partial charge in [-0.2, -0.15) is 5.10 Å². The van der Waals surface area contributed by atoms with Crippen LogP contribution in [-0.2, 0) is 13.5 Å². The highest BCUT2D eigenvalue weighted by atomic mass is 16.5. The first-order chi connectivity index (χ1) is 9.76. The van der Waals surface area contributed by atoms with Gasteiger partial charge in [-0.15, -0.1) is 0 Å². The van der Waals surface area contributed by atoms with Crippen molar-refractivity contribution in [2.24, 2.45) is 12.9 Å². The van der Waals surface area contributed by atoms with Crippen LogP contribution in [0.1, 0.15) is 30.6 Å². The molecule has 20 heavy (non-hydrogen) atoms. The molecule has 5 heteroatoms. The van der Waals surface area contributed by atoms with E-state index in [1.165, 1.54) is 5.69 Å². The fourth-order valence-electron chi connectivity index (χ4n) is 2.32. The average Bonchev–Trinajstić information content (AvgIpc) is 2.87. The third kappa shape index (κ3) is 3.37. The van der Waals surface area contributed by atoms with Crippen molar-refractivity contribution in [2.75, 3.05) is 6.61 Å². The van der Waals surface area contributed by atoms with Gasteiger partial charge >= 0.3 is 0 Å². The van der Waals surface area contributed by atoms with Crippen molar-refractivity contribution in [3.8, 4) is 5.75 Å². The van der Waals surface area contributed by atoms with Gasteiger partial charge in [0, 0.05) is 30.5 Å². The Labute approximate surface area is 119 Å². The van der Waals surface area contributed by atoms with E-state index < -0.39 is 0 Å². The highest BCUT2D eigenvalue weighted by Gasteiger charge is 2.15. The molecule has 1 aromatic heterocycles. The zero-order valence-corrected chi connectivity index (χ0v) is 12.0. The molecule has 1 heterocycles. The van der Waals surface area contributed by atoms with E-state index in [-0.39, 0.29) is 6.04 Å². The summed E-state index contributed by atoms with van der Waals surface area (Å²) in [6.07, 6.45) is 3.61. The number of hydrogen-bond donors (Lipinski definition) is 2. The van der Waals surface area contributed by atoms with E-state index >= 15 is 0 Å². The van der Waals surface area contributed by atoms with Gasteiger partial charge in [-0.25, -0.2) is 0 Å². The van der Waals surface area contributed by atoms with Crippen molar-refractivity contribution in [1.29, 1.82) is 0 Å². The maximum absolute atomic E-state index is 5.72. The summed E-state index contributed by atoms with van der Waals surface area (Å²) in [4.78, 5) is 0. The van der Waals surface area contributed by atoms with Crippen LogP contribution in [0.25, 0.3) is 0 Å². The topological polar surface area (TPSA) is 65.1 Å². The van der Waals surface area contributed by atoms with Crippen molar-refractivity contribution < 1.29 is 4.74 Å². The quantitative estimate of drug-likeness (QED) is 0.598. The van der Waals surface area contributed by atoms with E-state index in [0.717, 1.165) is 24.2 Å². The Hall–Kier alpha value is -1.85. The summed E-state index contributed by atoms with van der Waals surface area (Å²) in [5, 5.41) is 4.18. The number of hydrogen-bond acceptors (Lipinski definition) is 4. The molecule has 1 aromatic carbocycles. The zero-order chi connectivity index (χ0) is 14.4. The van der Waals surface area contributed by atoms with Crippen LogP contribution in [0.2, 0.25) is 0 Å². The molecule has 0 bridgehead atoms. The molecule has 0 aliphatic heterocycles. The van der Waals surface area contributed by atoms with Crippen molar-refractivity contribution >= 4 is 0 Å². The minimum atomic E-state index is 0.0626. The summed E-state index contributed by atoms with van der Waals surface area (Å²) < 4.78 is 7.56. The Morgan fingerprint density at radius 1 is 1.35 bits per heavy atom. The minimum absolute atomic E-state index is 0.0626. The van der Waals surface area contributed by atoms with Crippen LogP contribution in [-0.4, -0.2) is 16.4 Å². The lowest BCUT2D eigenvalue weighted by Gasteiger charge is -2.19. The SMILES string of the molecule is CCOc1ccccc1C(CCc1ccnn1C)NN. The Morgan fingerprint density at radius 2 is 2.15 bits per heavy atom. The monoisotopic (exact) mass is 274 g/mol. The molecule has 0 amide bonds. The van der Waals surface area contributed by atoms with Crippen LogP contribution in [0, 0.1) is 0 Å². The van der Waals surface area contributed by atoms with Gasteiger partial charge in [0.25, 0.3) is 0 Å². The molecule has 0 saturated heterocycles. The number of hydrazine groups is 1. The Morgan fingerprint density at radius 3 is 2.80 bits per heavy atom. The smallest absolute Gasteiger partial charge is 0.124 e. The second-order valence-electron chi connectivity index (χ2n) is 4.67. The molecule has 108 valence electrons. The highest BCUT2D eigenvalue weighted by molar-refractivity contribution is 5.36. The number of nitrogens with one attached hydrogen (secondary N) is 1. The molecule has 2 aromatic rings. The molecular weight excluding hydrogens is 252 g/mol. The van der Waals surface area contributed by atoms with E-state index in [0.29, 0.717) is 6.61 Å². The summed E-state index contributed by atoms with van der Waals surface area (Å²) in [5.74, 6) is 6.61. The van der Waals surface area contributed by atoms with E-state index in [9.17, 15) is 0 Å². The number of aromatic nitrogens is 2. The van der Waals surface area contributed by atoms with Gasteiger partial charge in [-0.05, 0) is 31.9 Å². The molecule has 0 aliphatic carbocycles. The maximum atomic E-state index is 5.72. The normalized spacial score (nSPS) is 12.3. The highest BCUT2D eigenvalue weighted by Crippen LogP contribution is 2.27. The second kappa shape index (κ2) is 7.07. The molecule has 5 nitrogen and oxygen atoms in total. The van der Waals surface area contributed by atoms with Crippen molar-refractivity contribution in [1.82, 2.24) is 15.2 Å². The third-order valence-electron chi connectivity index (χ3n) is 3.41. The minimum Gasteiger partial charge on any atom is -0.494 e. The van der Waals surface area contributed by atoms with E-state index in [2.05, 4.69) is 16.6 Å². The Bertz CT molecular complexity index is 538. The molecule has 0 saturated carbocycles. The lowest BCUT2D eigenvalue weighted by molar-refractivity contribution is 0.330. The van der Waals surface area contributed by atoms with E-state index in [1.54, 1.807) is 0 Å². The Kier molecular flexibility index (Phi) is 5.15. The largest absolute Gasteiger partial charge is 0.494 e. The summed E-state index contributed by atoms with van der Waals surface area (Å²) in [6.45, 7) is 2.63. The van der Waals surface area contributed by atoms with E-state index in [1.807, 2.05) is 49.1 Å². The standard InChI is InChI=1S/C15H22N4O/c1-3-20-15-7-5-4-6-13(15)14(18-16)9-8-12-10-11-17-19(12)2/h4-7,10-11,14,18H,3,8-9,16H2,1-2H3. The fraction of sp³-hybridized carbons (Fsp3) is 0.400. The van der Waals surface area contributed by atoms with Crippen molar-refractivity contribution in [3.05, 3.63) is 47.8 Å². The molecule has 1 atom stereocenters. The first kappa shape index (κ1) is 14.6. The molecule has 0 fully saturated rings. The number of para-hydroxylation sites is 1. The molecule has 0 aliphatic rings. The lowest BCUT2D eigenvalue weighted by Crippen LogP contribution is -2.29. The summed E-state index contributed by atoms with van der Waals surface area (Å²) in [7, 11) is 1.95. The summed E-state index contributed by atoms with van der Waals surface area (Å²) in [6, 6.07) is 10.1. The van der Waals surface area contributed by atoms with Gasteiger partial charge < -0.3 is 4.74 Å². The van der Waals surface area contributed by atoms with Crippen molar-refractivity contribution in [2.45, 2.75) is 25.8 Å². The number of rotatable bonds is 7. The van der Waals surface area contributed by atoms with Gasteiger partial charge in [-0.3, -0.25) is 16.0 Å². The molecule has 2 rings (SSSR count). The van der Waals surface area contributed by atoms with Crippen LogP contribution in [0.3, 0.4) is 0 Å². The summed E-state index contributed by atoms with van der Waals surface area (Å²) >= 11 is 0. The van der Waals surface area contributed by atoms with Gasteiger partial charge in [0.2, 0.25) is 0 Å². The molecular formula is C15H22N4O. The van der Waals surface area contributed by atoms with Crippen molar-refractivity contribution in [3.63, 3.8) is 0 Å². The average molecular weight is 274 g/mol. The zero-order valence-electron chi connectivity index (χ0n) is 12.0. The molecule has 1 unspecified atom stereocenters. The van der Waals surface area contributed by atoms with Crippen LogP contribution in [0.15, 0.2) is 36.5 Å². The molecule has 0 spiro atoms. The van der Waals surface area contributed by atoms with E-state index in [4.69, 9.17) is 10.6 Å². The second-order valence-corrected chi connectivity index (χ2v) is 4.67. The fourth-order valence-corrected chi connectivity index (χ4v) is 2.32. The van der Waals surface area contributed by atoms with Crippen LogP contribution >= 0.6 is 0 Å². The number of aryl methyl sites for hydroxylation is 2. The predicted octanol–water partition coefficient (Wildman–Crippen LogP) is 1.96. The van der Waals surface area contributed by atoms with Gasteiger partial charge in [-0.1, -0.05) is 18.2 Å².